The Bertz CT molecular complexity index is 1540. The number of carbonyl (C=O) groups is 2. The predicted molar refractivity (Wildman–Crippen MR) is 137 cm³/mol. The zero-order valence-corrected chi connectivity index (χ0v) is 19.1. The highest BCUT2D eigenvalue weighted by Gasteiger charge is 2.24. The van der Waals surface area contributed by atoms with Crippen LogP contribution in [0.2, 0.25) is 0 Å². The molecule has 3 N–H and O–H groups in total. The maximum atomic E-state index is 12.7. The summed E-state index contributed by atoms with van der Waals surface area (Å²) in [6, 6.07) is 12.5. The molecule has 1 aliphatic heterocycles. The number of anilines is 1. The first kappa shape index (κ1) is 22.7. The van der Waals surface area contributed by atoms with Crippen LogP contribution in [0.5, 0.6) is 0 Å². The molecule has 0 fully saturated rings. The molecule has 3 aromatic heterocycles. The van der Waals surface area contributed by atoms with E-state index >= 15 is 0 Å². The van der Waals surface area contributed by atoms with Crippen molar-refractivity contribution < 1.29 is 9.59 Å². The van der Waals surface area contributed by atoms with Gasteiger partial charge in [-0.05, 0) is 41.5 Å². The topological polar surface area (TPSA) is 122 Å². The highest BCUT2D eigenvalue weighted by Crippen LogP contribution is 2.33. The highest BCUT2D eigenvalue weighted by molar-refractivity contribution is 6.34. The number of carbonyl (C=O) groups excluding carboxylic acids is 2. The van der Waals surface area contributed by atoms with E-state index in [1.54, 1.807) is 55.4 Å². The van der Waals surface area contributed by atoms with E-state index in [-0.39, 0.29) is 23.6 Å². The van der Waals surface area contributed by atoms with Gasteiger partial charge in [-0.15, -0.1) is 0 Å². The zero-order chi connectivity index (χ0) is 24.9. The fourth-order valence-electron chi connectivity index (χ4n) is 3.92. The first-order valence-electron chi connectivity index (χ1n) is 11.3. The quantitative estimate of drug-likeness (QED) is 0.353. The maximum absolute atomic E-state index is 12.7. The molecule has 0 saturated carbocycles. The Hall–Kier alpha value is -5.05. The lowest BCUT2D eigenvalue weighted by atomic mass is 10.0. The van der Waals surface area contributed by atoms with Crippen molar-refractivity contribution in [2.45, 2.75) is 6.54 Å². The summed E-state index contributed by atoms with van der Waals surface area (Å²) < 4.78 is 1.48. The molecule has 0 bridgehead atoms. The summed E-state index contributed by atoms with van der Waals surface area (Å²) in [5.41, 5.74) is 4.29. The zero-order valence-electron chi connectivity index (χ0n) is 19.1. The van der Waals surface area contributed by atoms with Crippen molar-refractivity contribution in [3.05, 3.63) is 118 Å². The number of amides is 2. The molecule has 1 aliphatic rings. The monoisotopic (exact) mass is 478 g/mol. The van der Waals surface area contributed by atoms with E-state index < -0.39 is 5.91 Å². The van der Waals surface area contributed by atoms with Gasteiger partial charge in [-0.25, -0.2) is 4.98 Å². The third kappa shape index (κ3) is 4.90. The van der Waals surface area contributed by atoms with Crippen LogP contribution in [0.1, 0.15) is 32.7 Å². The van der Waals surface area contributed by atoms with E-state index in [9.17, 15) is 14.4 Å². The van der Waals surface area contributed by atoms with Gasteiger partial charge in [0.1, 0.15) is 5.56 Å². The predicted octanol–water partition coefficient (Wildman–Crippen LogP) is 2.95. The molecule has 5 rings (SSSR count). The molecule has 0 spiro atoms. The smallest absolute Gasteiger partial charge is 0.263 e. The van der Waals surface area contributed by atoms with Crippen molar-refractivity contribution in [3.63, 3.8) is 0 Å². The minimum Gasteiger partial charge on any atom is -0.348 e. The van der Waals surface area contributed by atoms with Crippen LogP contribution in [0.15, 0.2) is 84.4 Å². The van der Waals surface area contributed by atoms with Gasteiger partial charge in [-0.3, -0.25) is 19.4 Å². The van der Waals surface area contributed by atoms with Crippen molar-refractivity contribution in [2.75, 3.05) is 11.9 Å². The second kappa shape index (κ2) is 10.1. The van der Waals surface area contributed by atoms with Crippen molar-refractivity contribution in [2.24, 2.45) is 0 Å². The Morgan fingerprint density at radius 1 is 1.08 bits per heavy atom. The number of benzene rings is 1. The molecule has 4 aromatic rings. The van der Waals surface area contributed by atoms with Crippen LogP contribution in [0.3, 0.4) is 0 Å². The van der Waals surface area contributed by atoms with E-state index in [4.69, 9.17) is 0 Å². The molecule has 4 heterocycles. The van der Waals surface area contributed by atoms with Crippen LogP contribution in [0, 0.1) is 0 Å². The van der Waals surface area contributed by atoms with Gasteiger partial charge in [-0.1, -0.05) is 30.4 Å². The number of nitrogens with one attached hydrogen (secondary N) is 3. The lowest BCUT2D eigenvalue weighted by molar-refractivity contribution is -0.110. The Morgan fingerprint density at radius 3 is 2.81 bits per heavy atom. The van der Waals surface area contributed by atoms with E-state index in [0.29, 0.717) is 12.1 Å². The number of nitrogens with zero attached hydrogens (tertiary/aromatic N) is 3. The van der Waals surface area contributed by atoms with Crippen molar-refractivity contribution in [3.8, 4) is 0 Å². The van der Waals surface area contributed by atoms with Crippen LogP contribution in [-0.4, -0.2) is 37.9 Å². The first-order chi connectivity index (χ1) is 17.6. The van der Waals surface area contributed by atoms with Gasteiger partial charge in [0.25, 0.3) is 17.4 Å². The van der Waals surface area contributed by atoms with Gasteiger partial charge >= 0.3 is 0 Å². The molecule has 36 heavy (non-hydrogen) atoms. The van der Waals surface area contributed by atoms with Crippen LogP contribution in [0.4, 0.5) is 5.69 Å². The van der Waals surface area contributed by atoms with Crippen LogP contribution in [0.25, 0.3) is 17.7 Å². The molecule has 178 valence electrons. The van der Waals surface area contributed by atoms with Crippen molar-refractivity contribution in [1.82, 2.24) is 24.8 Å². The second-order valence-electron chi connectivity index (χ2n) is 8.15. The van der Waals surface area contributed by atoms with Gasteiger partial charge in [-0.2, -0.15) is 0 Å². The standard InChI is InChI=1S/C27H22N6O3/c34-25(22-6-3-11-33(27(22)36)16-19-5-1-9-28-14-19)30-10-2-4-18-7-8-21-23(13-20-15-29-17-31-20)26(35)32-24(21)12-18/h1-9,11-15,17H,10,16H2,(H,29,31)(H,30,34)(H,32,35)/b4-2+,23-13-. The van der Waals surface area contributed by atoms with E-state index in [0.717, 1.165) is 28.1 Å². The van der Waals surface area contributed by atoms with Crippen LogP contribution >= 0.6 is 0 Å². The largest absolute Gasteiger partial charge is 0.348 e. The number of hydrogen-bond donors (Lipinski definition) is 3. The first-order valence-corrected chi connectivity index (χ1v) is 11.3. The molecule has 0 unspecified atom stereocenters. The third-order valence-corrected chi connectivity index (χ3v) is 5.68. The molecular formula is C27H22N6O3. The molecule has 9 heteroatoms. The molecule has 0 radical (unpaired) electrons. The molecule has 0 aliphatic carbocycles. The number of fused-ring (bicyclic) bond motifs is 1. The van der Waals surface area contributed by atoms with Gasteiger partial charge in [0, 0.05) is 36.4 Å². The Balaban J connectivity index is 1.22. The SMILES string of the molecule is O=C1Nc2cc(/C=C/CNC(=O)c3cccn(Cc4cccnc4)c3=O)ccc2/C1=C/c1cnc[nH]1. The normalized spacial score (nSPS) is 13.7. The lowest BCUT2D eigenvalue weighted by Gasteiger charge is -2.08. The third-order valence-electron chi connectivity index (χ3n) is 5.68. The minimum absolute atomic E-state index is 0.0756. The second-order valence-corrected chi connectivity index (χ2v) is 8.15. The fourth-order valence-corrected chi connectivity index (χ4v) is 3.92. The molecule has 0 saturated heterocycles. The van der Waals surface area contributed by atoms with Gasteiger partial charge in [0.15, 0.2) is 0 Å². The van der Waals surface area contributed by atoms with Gasteiger partial charge in [0.05, 0.1) is 30.3 Å². The van der Waals surface area contributed by atoms with Gasteiger partial charge in [0.2, 0.25) is 0 Å². The summed E-state index contributed by atoms with van der Waals surface area (Å²) in [4.78, 5) is 48.7. The molecule has 9 nitrogen and oxygen atoms in total. The van der Waals surface area contributed by atoms with Crippen LogP contribution < -0.4 is 16.2 Å². The summed E-state index contributed by atoms with van der Waals surface area (Å²) in [7, 11) is 0. The number of aromatic nitrogens is 4. The summed E-state index contributed by atoms with van der Waals surface area (Å²) in [6.45, 7) is 0.575. The average Bonchev–Trinajstić information content (AvgIpc) is 3.51. The Morgan fingerprint density at radius 2 is 2.00 bits per heavy atom. The van der Waals surface area contributed by atoms with E-state index in [2.05, 4.69) is 25.6 Å². The number of pyridine rings is 2. The van der Waals surface area contributed by atoms with Crippen LogP contribution in [-0.2, 0) is 11.3 Å². The number of imidazole rings is 1. The van der Waals surface area contributed by atoms with Gasteiger partial charge < -0.3 is 20.2 Å². The maximum Gasteiger partial charge on any atom is 0.263 e. The van der Waals surface area contributed by atoms with Crippen molar-refractivity contribution >= 4 is 35.2 Å². The lowest BCUT2D eigenvalue weighted by Crippen LogP contribution is -2.33. The minimum atomic E-state index is -0.444. The summed E-state index contributed by atoms with van der Waals surface area (Å²) in [5.74, 6) is -0.620. The average molecular weight is 479 g/mol. The molecule has 0 atom stereocenters. The Kier molecular flexibility index (Phi) is 6.35. The summed E-state index contributed by atoms with van der Waals surface area (Å²) >= 11 is 0. The highest BCUT2D eigenvalue weighted by atomic mass is 16.2. The number of hydrogen-bond acceptors (Lipinski definition) is 5. The number of aromatic amines is 1. The van der Waals surface area contributed by atoms with Crippen molar-refractivity contribution in [1.29, 1.82) is 0 Å². The number of rotatable bonds is 7. The summed E-state index contributed by atoms with van der Waals surface area (Å²) in [5, 5.41) is 5.63. The number of H-pyrrole nitrogens is 1. The fraction of sp³-hybridized carbons (Fsp3) is 0.0741. The molecular weight excluding hydrogens is 456 g/mol. The Labute approximate surface area is 206 Å². The molecule has 2 amide bonds. The summed E-state index contributed by atoms with van der Waals surface area (Å²) in [6.07, 6.45) is 13.6. The van der Waals surface area contributed by atoms with E-state index in [1.165, 1.54) is 10.6 Å². The molecule has 1 aromatic carbocycles. The van der Waals surface area contributed by atoms with E-state index in [1.807, 2.05) is 30.3 Å².